The molecule has 0 radical (unpaired) electrons. The van der Waals surface area contributed by atoms with E-state index in [1.807, 2.05) is 49.6 Å². The minimum atomic E-state index is -0.0183. The Morgan fingerprint density at radius 2 is 1.94 bits per heavy atom. The van der Waals surface area contributed by atoms with E-state index in [1.54, 1.807) is 11.1 Å². The van der Waals surface area contributed by atoms with Crippen molar-refractivity contribution in [2.24, 2.45) is 0 Å². The SMILES string of the molecule is Br.CC1=C/C(=C2\C=C3C=CC=CN3O2)C(=O)C=C1. The van der Waals surface area contributed by atoms with Crippen LogP contribution in [-0.4, -0.2) is 10.8 Å². The highest BCUT2D eigenvalue weighted by Gasteiger charge is 2.23. The van der Waals surface area contributed by atoms with Gasteiger partial charge in [0, 0.05) is 12.3 Å². The largest absolute Gasteiger partial charge is 0.374 e. The van der Waals surface area contributed by atoms with E-state index in [1.165, 1.54) is 0 Å². The maximum absolute atomic E-state index is 11.8. The molecule has 92 valence electrons. The van der Waals surface area contributed by atoms with Crippen LogP contribution in [0.25, 0.3) is 0 Å². The molecule has 0 bridgehead atoms. The minimum absolute atomic E-state index is 0. The number of allylic oxidation sites excluding steroid dienone is 9. The minimum Gasteiger partial charge on any atom is -0.374 e. The monoisotopic (exact) mass is 305 g/mol. The lowest BCUT2D eigenvalue weighted by atomic mass is 10.0. The number of hydroxylamine groups is 2. The van der Waals surface area contributed by atoms with Crippen molar-refractivity contribution in [2.45, 2.75) is 6.92 Å². The molecule has 4 heteroatoms. The lowest BCUT2D eigenvalue weighted by Crippen LogP contribution is -2.12. The second-order valence-corrected chi connectivity index (χ2v) is 4.05. The lowest BCUT2D eigenvalue weighted by Gasteiger charge is -2.16. The molecule has 0 fully saturated rings. The third-order valence-electron chi connectivity index (χ3n) is 2.73. The maximum Gasteiger partial charge on any atom is 0.189 e. The van der Waals surface area contributed by atoms with Crippen molar-refractivity contribution >= 4 is 22.8 Å². The van der Waals surface area contributed by atoms with Gasteiger partial charge in [-0.05, 0) is 31.2 Å². The molecule has 0 spiro atoms. The van der Waals surface area contributed by atoms with E-state index in [4.69, 9.17) is 4.84 Å². The normalized spacial score (nSPS) is 24.3. The summed E-state index contributed by atoms with van der Waals surface area (Å²) in [5.41, 5.74) is 2.59. The highest BCUT2D eigenvalue weighted by atomic mass is 79.9. The van der Waals surface area contributed by atoms with Crippen molar-refractivity contribution in [3.05, 3.63) is 71.3 Å². The van der Waals surface area contributed by atoms with Crippen molar-refractivity contribution in [1.29, 1.82) is 0 Å². The van der Waals surface area contributed by atoms with Gasteiger partial charge in [0.25, 0.3) is 0 Å². The van der Waals surface area contributed by atoms with Gasteiger partial charge in [0.2, 0.25) is 0 Å². The molecule has 3 rings (SSSR count). The molecule has 0 aromatic heterocycles. The molecule has 0 unspecified atom stereocenters. The lowest BCUT2D eigenvalue weighted by molar-refractivity contribution is -0.111. The second-order valence-electron chi connectivity index (χ2n) is 4.05. The number of hydrogen-bond donors (Lipinski definition) is 0. The molecule has 2 heterocycles. The van der Waals surface area contributed by atoms with Crippen LogP contribution in [0.4, 0.5) is 0 Å². The first-order valence-corrected chi connectivity index (χ1v) is 5.43. The fraction of sp³-hybridized carbons (Fsp3) is 0.0714. The molecule has 3 aliphatic rings. The molecule has 0 amide bonds. The van der Waals surface area contributed by atoms with Gasteiger partial charge >= 0.3 is 0 Å². The summed E-state index contributed by atoms with van der Waals surface area (Å²) >= 11 is 0. The van der Waals surface area contributed by atoms with Gasteiger partial charge in [0.05, 0.1) is 11.3 Å². The molecule has 2 aliphatic heterocycles. The smallest absolute Gasteiger partial charge is 0.189 e. The van der Waals surface area contributed by atoms with E-state index in [0.717, 1.165) is 11.3 Å². The molecule has 0 aromatic rings. The first kappa shape index (κ1) is 12.6. The molecular weight excluding hydrogens is 294 g/mol. The summed E-state index contributed by atoms with van der Waals surface area (Å²) in [6.07, 6.45) is 14.7. The van der Waals surface area contributed by atoms with Gasteiger partial charge in [-0.15, -0.1) is 17.0 Å². The van der Waals surface area contributed by atoms with Gasteiger partial charge in [-0.3, -0.25) is 4.79 Å². The van der Waals surface area contributed by atoms with Crippen LogP contribution in [0.1, 0.15) is 6.92 Å². The Labute approximate surface area is 116 Å². The van der Waals surface area contributed by atoms with Gasteiger partial charge in [-0.2, -0.15) is 5.06 Å². The third-order valence-corrected chi connectivity index (χ3v) is 2.73. The standard InChI is InChI=1S/C14H11NO2.BrH/c1-10-5-6-13(16)12(8-10)14-9-11-4-2-3-7-15(11)17-14;/h2-9H,1H3;1H/b14-12-;. The summed E-state index contributed by atoms with van der Waals surface area (Å²) in [6, 6.07) is 0. The molecular formula is C14H12BrNO2. The Hall–Kier alpha value is -1.81. The average molecular weight is 306 g/mol. The molecule has 0 saturated heterocycles. The topological polar surface area (TPSA) is 29.5 Å². The summed E-state index contributed by atoms with van der Waals surface area (Å²) < 4.78 is 0. The maximum atomic E-state index is 11.8. The van der Waals surface area contributed by atoms with E-state index in [9.17, 15) is 4.79 Å². The summed E-state index contributed by atoms with van der Waals surface area (Å²) in [5, 5.41) is 1.65. The van der Waals surface area contributed by atoms with Crippen LogP contribution in [0.2, 0.25) is 0 Å². The highest BCUT2D eigenvalue weighted by Crippen LogP contribution is 2.29. The van der Waals surface area contributed by atoms with Crippen LogP contribution in [0.15, 0.2) is 71.3 Å². The summed E-state index contributed by atoms with van der Waals surface area (Å²) in [5.74, 6) is 0.583. The van der Waals surface area contributed by atoms with Gasteiger partial charge in [0.15, 0.2) is 11.5 Å². The number of hydrogen-bond acceptors (Lipinski definition) is 3. The molecule has 0 aromatic carbocycles. The third kappa shape index (κ3) is 2.11. The van der Waals surface area contributed by atoms with E-state index in [2.05, 4.69) is 0 Å². The fourth-order valence-electron chi connectivity index (χ4n) is 1.87. The van der Waals surface area contributed by atoms with Crippen LogP contribution in [-0.2, 0) is 9.63 Å². The van der Waals surface area contributed by atoms with Crippen molar-refractivity contribution in [2.75, 3.05) is 0 Å². The quantitative estimate of drug-likeness (QED) is 0.644. The van der Waals surface area contributed by atoms with E-state index in [0.29, 0.717) is 11.3 Å². The van der Waals surface area contributed by atoms with Crippen molar-refractivity contribution in [3.8, 4) is 0 Å². The fourth-order valence-corrected chi connectivity index (χ4v) is 1.87. The number of rotatable bonds is 0. The second kappa shape index (κ2) is 4.82. The summed E-state index contributed by atoms with van der Waals surface area (Å²) in [4.78, 5) is 17.4. The van der Waals surface area contributed by atoms with Gasteiger partial charge in [-0.1, -0.05) is 17.7 Å². The molecule has 3 nitrogen and oxygen atoms in total. The number of fused-ring (bicyclic) bond motifs is 1. The molecule has 18 heavy (non-hydrogen) atoms. The van der Waals surface area contributed by atoms with E-state index < -0.39 is 0 Å². The van der Waals surface area contributed by atoms with Crippen LogP contribution in [0, 0.1) is 0 Å². The van der Waals surface area contributed by atoms with Crippen LogP contribution in [0.3, 0.4) is 0 Å². The Morgan fingerprint density at radius 1 is 1.11 bits per heavy atom. The van der Waals surface area contributed by atoms with Crippen LogP contribution >= 0.6 is 17.0 Å². The molecule has 0 atom stereocenters. The molecule has 0 N–H and O–H groups in total. The van der Waals surface area contributed by atoms with E-state index in [-0.39, 0.29) is 22.8 Å². The first-order chi connectivity index (χ1) is 8.24. The van der Waals surface area contributed by atoms with Gasteiger partial charge in [-0.25, -0.2) is 0 Å². The summed E-state index contributed by atoms with van der Waals surface area (Å²) in [7, 11) is 0. The Kier molecular flexibility index (Phi) is 3.39. The predicted octanol–water partition coefficient (Wildman–Crippen LogP) is 3.12. The zero-order valence-electron chi connectivity index (χ0n) is 9.79. The van der Waals surface area contributed by atoms with Gasteiger partial charge < -0.3 is 4.84 Å². The van der Waals surface area contributed by atoms with Crippen molar-refractivity contribution in [1.82, 2.24) is 5.06 Å². The number of ketones is 1. The highest BCUT2D eigenvalue weighted by molar-refractivity contribution is 8.93. The number of nitrogens with zero attached hydrogens (tertiary/aromatic N) is 1. The predicted molar refractivity (Wildman–Crippen MR) is 74.5 cm³/mol. The Balaban J connectivity index is 0.00000120. The Bertz CT molecular complexity index is 577. The number of halogens is 1. The molecule has 1 aliphatic carbocycles. The van der Waals surface area contributed by atoms with Crippen LogP contribution in [0.5, 0.6) is 0 Å². The van der Waals surface area contributed by atoms with Crippen LogP contribution < -0.4 is 0 Å². The van der Waals surface area contributed by atoms with Crippen molar-refractivity contribution < 1.29 is 9.63 Å². The number of carbonyl (C=O) groups excluding carboxylic acids is 1. The first-order valence-electron chi connectivity index (χ1n) is 5.43. The average Bonchev–Trinajstić information content (AvgIpc) is 2.75. The zero-order valence-corrected chi connectivity index (χ0v) is 11.5. The number of carbonyl (C=O) groups is 1. The summed E-state index contributed by atoms with van der Waals surface area (Å²) in [6.45, 7) is 1.96. The van der Waals surface area contributed by atoms with Gasteiger partial charge in [0.1, 0.15) is 0 Å². The molecule has 0 saturated carbocycles. The zero-order chi connectivity index (χ0) is 11.8. The Morgan fingerprint density at radius 3 is 2.72 bits per heavy atom. The van der Waals surface area contributed by atoms with E-state index >= 15 is 0 Å². The van der Waals surface area contributed by atoms with Crippen molar-refractivity contribution in [3.63, 3.8) is 0 Å².